The van der Waals surface area contributed by atoms with Crippen molar-refractivity contribution in [2.24, 2.45) is 0 Å². The van der Waals surface area contributed by atoms with Gasteiger partial charge in [0.1, 0.15) is 0 Å². The Morgan fingerprint density at radius 2 is 1.73 bits per heavy atom. The minimum atomic E-state index is -2.07. The highest BCUT2D eigenvalue weighted by atomic mass is 16.4. The van der Waals surface area contributed by atoms with Crippen molar-refractivity contribution in [1.29, 1.82) is 0 Å². The summed E-state index contributed by atoms with van der Waals surface area (Å²) in [5, 5.41) is 21.6. The summed E-state index contributed by atoms with van der Waals surface area (Å²) < 4.78 is 0. The van der Waals surface area contributed by atoms with Crippen molar-refractivity contribution in [3.63, 3.8) is 0 Å². The Bertz CT molecular complexity index is 728. The van der Waals surface area contributed by atoms with E-state index in [9.17, 15) is 19.8 Å². The van der Waals surface area contributed by atoms with E-state index in [2.05, 4.69) is 0 Å². The third kappa shape index (κ3) is 2.25. The quantitative estimate of drug-likeness (QED) is 0.894. The number of benzene rings is 2. The van der Waals surface area contributed by atoms with Crippen molar-refractivity contribution < 1.29 is 19.8 Å². The van der Waals surface area contributed by atoms with Crippen LogP contribution in [0.1, 0.15) is 17.5 Å². The lowest BCUT2D eigenvalue weighted by atomic mass is 9.92. The van der Waals surface area contributed by atoms with E-state index in [0.717, 1.165) is 5.56 Å². The van der Waals surface area contributed by atoms with Gasteiger partial charge in [-0.3, -0.25) is 4.79 Å². The van der Waals surface area contributed by atoms with Crippen LogP contribution in [0.3, 0.4) is 0 Å². The van der Waals surface area contributed by atoms with E-state index in [-0.39, 0.29) is 6.54 Å². The van der Waals surface area contributed by atoms with Gasteiger partial charge in [0.05, 0.1) is 12.2 Å². The number of carboxylic acids is 1. The Morgan fingerprint density at radius 1 is 1.09 bits per heavy atom. The predicted octanol–water partition coefficient (Wildman–Crippen LogP) is 0.561. The number of rotatable bonds is 4. The number of hydrogen-bond acceptors (Lipinski definition) is 4. The van der Waals surface area contributed by atoms with Crippen molar-refractivity contribution in [1.82, 2.24) is 0 Å². The second-order valence-corrected chi connectivity index (χ2v) is 5.30. The van der Waals surface area contributed by atoms with E-state index in [1.807, 2.05) is 30.3 Å². The molecule has 5 nitrogen and oxygen atoms in total. The van der Waals surface area contributed by atoms with Gasteiger partial charge < -0.3 is 19.9 Å². The Kier molecular flexibility index (Phi) is 3.42. The van der Waals surface area contributed by atoms with Crippen molar-refractivity contribution in [3.8, 4) is 0 Å². The molecule has 1 heterocycles. The maximum Gasteiger partial charge on any atom is 0.264 e. The first-order valence-electron chi connectivity index (χ1n) is 6.90. The maximum absolute atomic E-state index is 12.6. The summed E-state index contributed by atoms with van der Waals surface area (Å²) in [4.78, 5) is 25.0. The molecule has 0 aliphatic carbocycles. The monoisotopic (exact) mass is 296 g/mol. The molecule has 0 saturated heterocycles. The molecule has 2 aromatic carbocycles. The van der Waals surface area contributed by atoms with Gasteiger partial charge in [-0.2, -0.15) is 0 Å². The SMILES string of the molecule is O=C([O-])C[C@@]1(O)C(=O)N(Cc2ccccc2)c2ccccc21. The van der Waals surface area contributed by atoms with Gasteiger partial charge in [-0.05, 0) is 11.6 Å². The van der Waals surface area contributed by atoms with Gasteiger partial charge >= 0.3 is 0 Å². The lowest BCUT2D eigenvalue weighted by Gasteiger charge is -2.23. The molecule has 2 aromatic rings. The van der Waals surface area contributed by atoms with Gasteiger partial charge in [-0.25, -0.2) is 0 Å². The normalized spacial score (nSPS) is 20.0. The summed E-state index contributed by atoms with van der Waals surface area (Å²) in [7, 11) is 0. The van der Waals surface area contributed by atoms with Crippen LogP contribution < -0.4 is 10.0 Å². The van der Waals surface area contributed by atoms with Gasteiger partial charge in [-0.1, -0.05) is 48.5 Å². The lowest BCUT2D eigenvalue weighted by molar-refractivity contribution is -0.309. The highest BCUT2D eigenvalue weighted by Gasteiger charge is 2.49. The third-order valence-electron chi connectivity index (χ3n) is 3.82. The van der Waals surface area contributed by atoms with Crippen LogP contribution in [0.2, 0.25) is 0 Å². The summed E-state index contributed by atoms with van der Waals surface area (Å²) in [5.41, 5.74) is -0.340. The topological polar surface area (TPSA) is 80.7 Å². The minimum absolute atomic E-state index is 0.270. The Morgan fingerprint density at radius 3 is 2.41 bits per heavy atom. The molecule has 1 amide bonds. The number of carbonyl (C=O) groups is 2. The number of aliphatic hydroxyl groups is 1. The Hall–Kier alpha value is -2.66. The second-order valence-electron chi connectivity index (χ2n) is 5.30. The Labute approximate surface area is 127 Å². The molecular formula is C17H14NO4-. The number of anilines is 1. The van der Waals surface area contributed by atoms with Crippen LogP contribution in [-0.2, 0) is 21.7 Å². The number of nitrogens with zero attached hydrogens (tertiary/aromatic N) is 1. The van der Waals surface area contributed by atoms with Gasteiger partial charge in [0.25, 0.3) is 5.91 Å². The molecule has 22 heavy (non-hydrogen) atoms. The number of aliphatic carboxylic acids is 1. The molecule has 0 fully saturated rings. The molecular weight excluding hydrogens is 282 g/mol. The smallest absolute Gasteiger partial charge is 0.264 e. The fourth-order valence-corrected chi connectivity index (χ4v) is 2.81. The van der Waals surface area contributed by atoms with E-state index in [1.54, 1.807) is 24.3 Å². The van der Waals surface area contributed by atoms with Crippen LogP contribution in [0.15, 0.2) is 54.6 Å². The van der Waals surface area contributed by atoms with Crippen LogP contribution in [0, 0.1) is 0 Å². The van der Waals surface area contributed by atoms with Crippen LogP contribution >= 0.6 is 0 Å². The van der Waals surface area contributed by atoms with Crippen LogP contribution in [-0.4, -0.2) is 17.0 Å². The van der Waals surface area contributed by atoms with E-state index in [1.165, 1.54) is 4.90 Å². The molecule has 0 radical (unpaired) electrons. The molecule has 0 unspecified atom stereocenters. The minimum Gasteiger partial charge on any atom is -0.550 e. The number of hydrogen-bond donors (Lipinski definition) is 1. The average Bonchev–Trinajstić information content (AvgIpc) is 2.70. The van der Waals surface area contributed by atoms with Crippen molar-refractivity contribution in [2.75, 3.05) is 4.90 Å². The number of amides is 1. The second kappa shape index (κ2) is 5.27. The highest BCUT2D eigenvalue weighted by Crippen LogP contribution is 2.42. The molecule has 1 atom stereocenters. The summed E-state index contributed by atoms with van der Waals surface area (Å²) in [6.07, 6.45) is -0.756. The fourth-order valence-electron chi connectivity index (χ4n) is 2.81. The molecule has 0 aromatic heterocycles. The van der Waals surface area contributed by atoms with Crippen molar-refractivity contribution in [2.45, 2.75) is 18.6 Å². The largest absolute Gasteiger partial charge is 0.550 e. The Balaban J connectivity index is 2.02. The lowest BCUT2D eigenvalue weighted by Crippen LogP contribution is -2.44. The van der Waals surface area contributed by atoms with Crippen LogP contribution in [0.25, 0.3) is 0 Å². The number of carboxylic acid groups (broad SMARTS) is 1. The third-order valence-corrected chi connectivity index (χ3v) is 3.82. The molecule has 5 heteroatoms. The molecule has 1 N–H and O–H groups in total. The molecule has 112 valence electrons. The first kappa shape index (κ1) is 14.3. The first-order valence-corrected chi connectivity index (χ1v) is 6.90. The van der Waals surface area contributed by atoms with Crippen LogP contribution in [0.5, 0.6) is 0 Å². The van der Waals surface area contributed by atoms with E-state index in [4.69, 9.17) is 0 Å². The zero-order valence-electron chi connectivity index (χ0n) is 11.7. The van der Waals surface area contributed by atoms with Gasteiger partial charge in [0.15, 0.2) is 5.60 Å². The number of carbonyl (C=O) groups excluding carboxylic acids is 2. The predicted molar refractivity (Wildman–Crippen MR) is 77.6 cm³/mol. The summed E-state index contributed by atoms with van der Waals surface area (Å²) in [6, 6.07) is 16.0. The van der Waals surface area contributed by atoms with Gasteiger partial charge in [0.2, 0.25) is 0 Å². The molecule has 0 bridgehead atoms. The first-order chi connectivity index (χ1) is 10.5. The average molecular weight is 296 g/mol. The van der Waals surface area contributed by atoms with Crippen molar-refractivity contribution in [3.05, 3.63) is 65.7 Å². The van der Waals surface area contributed by atoms with Gasteiger partial charge in [-0.15, -0.1) is 0 Å². The zero-order chi connectivity index (χ0) is 15.7. The van der Waals surface area contributed by atoms with E-state index < -0.39 is 23.9 Å². The molecule has 1 aliphatic rings. The standard InChI is InChI=1S/C17H15NO4/c19-15(20)10-17(22)13-8-4-5-9-14(13)18(16(17)21)11-12-6-2-1-3-7-12/h1-9,22H,10-11H2,(H,19,20)/p-1/t17-/m0/s1. The van der Waals surface area contributed by atoms with Gasteiger partial charge in [0, 0.05) is 18.0 Å². The van der Waals surface area contributed by atoms with E-state index >= 15 is 0 Å². The summed E-state index contributed by atoms with van der Waals surface area (Å²) in [6.45, 7) is 0.270. The number of fused-ring (bicyclic) bond motifs is 1. The summed E-state index contributed by atoms with van der Waals surface area (Å²) in [5.74, 6) is -2.10. The van der Waals surface area contributed by atoms with E-state index in [0.29, 0.717) is 11.3 Å². The van der Waals surface area contributed by atoms with Crippen molar-refractivity contribution >= 4 is 17.6 Å². The molecule has 0 saturated carbocycles. The molecule has 3 rings (SSSR count). The van der Waals surface area contributed by atoms with Crippen LogP contribution in [0.4, 0.5) is 5.69 Å². The fraction of sp³-hybridized carbons (Fsp3) is 0.176. The summed E-state index contributed by atoms with van der Waals surface area (Å²) >= 11 is 0. The maximum atomic E-state index is 12.6. The molecule has 0 spiro atoms. The highest BCUT2D eigenvalue weighted by molar-refractivity contribution is 6.08. The zero-order valence-corrected chi connectivity index (χ0v) is 11.7. The molecule has 1 aliphatic heterocycles. The number of para-hydroxylation sites is 1.